The van der Waals surface area contributed by atoms with E-state index in [-0.39, 0.29) is 5.92 Å². The maximum absolute atomic E-state index is 12.7. The van der Waals surface area contributed by atoms with Gasteiger partial charge in [0.1, 0.15) is 0 Å². The molecule has 2 heteroatoms. The summed E-state index contributed by atoms with van der Waals surface area (Å²) in [5, 5.41) is 0. The molecule has 1 heterocycles. The minimum atomic E-state index is 0.175. The quantitative estimate of drug-likeness (QED) is 0.638. The van der Waals surface area contributed by atoms with Gasteiger partial charge >= 0.3 is 0 Å². The second kappa shape index (κ2) is 8.64. The maximum Gasteiger partial charge on any atom is 0.166 e. The van der Waals surface area contributed by atoms with E-state index in [0.29, 0.717) is 17.7 Å². The molecular formula is C24H31NO. The Labute approximate surface area is 158 Å². The fraction of sp³-hybridized carbons (Fsp3) is 0.458. The van der Waals surface area contributed by atoms with Crippen LogP contribution in [0.25, 0.3) is 0 Å². The summed E-state index contributed by atoms with van der Waals surface area (Å²) in [6.45, 7) is 8.81. The topological polar surface area (TPSA) is 20.3 Å². The Bertz CT molecular complexity index is 697. The summed E-state index contributed by atoms with van der Waals surface area (Å²) in [7, 11) is 0. The van der Waals surface area contributed by atoms with Crippen molar-refractivity contribution in [2.75, 3.05) is 13.1 Å². The van der Waals surface area contributed by atoms with Gasteiger partial charge < -0.3 is 0 Å². The fourth-order valence-electron chi connectivity index (χ4n) is 4.00. The predicted octanol–water partition coefficient (Wildman–Crippen LogP) is 5.54. The van der Waals surface area contributed by atoms with Gasteiger partial charge in [0.15, 0.2) is 5.78 Å². The zero-order valence-corrected chi connectivity index (χ0v) is 16.3. The van der Waals surface area contributed by atoms with E-state index in [1.54, 1.807) is 0 Å². The Hall–Kier alpha value is -1.93. The Morgan fingerprint density at radius 1 is 0.962 bits per heavy atom. The molecule has 1 fully saturated rings. The zero-order valence-electron chi connectivity index (χ0n) is 16.3. The van der Waals surface area contributed by atoms with Crippen molar-refractivity contribution in [1.29, 1.82) is 0 Å². The standard InChI is InChI=1S/C24H31NO/c1-18(2)17-20-9-11-21(12-10-20)19(3)25-15-13-23(14-16-25)24(26)22-7-5-4-6-8-22/h4-12,18-19,23H,13-17H2,1-3H3. The van der Waals surface area contributed by atoms with Gasteiger partial charge in [-0.15, -0.1) is 0 Å². The second-order valence-electron chi connectivity index (χ2n) is 8.06. The molecule has 26 heavy (non-hydrogen) atoms. The van der Waals surface area contributed by atoms with Gasteiger partial charge in [0.2, 0.25) is 0 Å². The van der Waals surface area contributed by atoms with Crippen molar-refractivity contribution in [2.24, 2.45) is 11.8 Å². The van der Waals surface area contributed by atoms with Crippen LogP contribution in [0.2, 0.25) is 0 Å². The number of likely N-dealkylation sites (tertiary alicyclic amines) is 1. The fourth-order valence-corrected chi connectivity index (χ4v) is 4.00. The number of hydrogen-bond acceptors (Lipinski definition) is 2. The first-order chi connectivity index (χ1) is 12.5. The number of carbonyl (C=O) groups is 1. The highest BCUT2D eigenvalue weighted by Crippen LogP contribution is 2.28. The molecule has 138 valence electrons. The van der Waals surface area contributed by atoms with Crippen molar-refractivity contribution in [3.8, 4) is 0 Å². The van der Waals surface area contributed by atoms with Gasteiger partial charge in [-0.1, -0.05) is 68.4 Å². The Balaban J connectivity index is 1.56. The molecule has 0 amide bonds. The monoisotopic (exact) mass is 349 g/mol. The summed E-state index contributed by atoms with van der Waals surface area (Å²) in [6, 6.07) is 19.3. The van der Waals surface area contributed by atoms with E-state index in [2.05, 4.69) is 49.9 Å². The van der Waals surface area contributed by atoms with Gasteiger partial charge in [0, 0.05) is 17.5 Å². The number of ketones is 1. The lowest BCUT2D eigenvalue weighted by molar-refractivity contribution is 0.0802. The smallest absolute Gasteiger partial charge is 0.166 e. The third kappa shape index (κ3) is 4.62. The van der Waals surface area contributed by atoms with Crippen LogP contribution in [0.3, 0.4) is 0 Å². The van der Waals surface area contributed by atoms with Gasteiger partial charge in [-0.3, -0.25) is 9.69 Å². The lowest BCUT2D eigenvalue weighted by Gasteiger charge is -2.35. The molecule has 0 radical (unpaired) electrons. The van der Waals surface area contributed by atoms with Gasteiger partial charge in [-0.05, 0) is 56.3 Å². The number of piperidine rings is 1. The summed E-state index contributed by atoms with van der Waals surface area (Å²) >= 11 is 0. The van der Waals surface area contributed by atoms with Crippen molar-refractivity contribution >= 4 is 5.78 Å². The lowest BCUT2D eigenvalue weighted by Crippen LogP contribution is -2.37. The highest BCUT2D eigenvalue weighted by molar-refractivity contribution is 5.97. The van der Waals surface area contributed by atoms with E-state index in [4.69, 9.17) is 0 Å². The van der Waals surface area contributed by atoms with E-state index in [0.717, 1.165) is 37.9 Å². The minimum Gasteiger partial charge on any atom is -0.297 e. The molecule has 1 aliphatic rings. The molecule has 2 aromatic carbocycles. The largest absolute Gasteiger partial charge is 0.297 e. The van der Waals surface area contributed by atoms with E-state index in [9.17, 15) is 4.79 Å². The van der Waals surface area contributed by atoms with Crippen LogP contribution in [0, 0.1) is 11.8 Å². The lowest BCUT2D eigenvalue weighted by atomic mass is 9.88. The van der Waals surface area contributed by atoms with E-state index in [1.807, 2.05) is 30.3 Å². The summed E-state index contributed by atoms with van der Waals surface area (Å²) in [6.07, 6.45) is 3.06. The van der Waals surface area contributed by atoms with Gasteiger partial charge in [-0.2, -0.15) is 0 Å². The third-order valence-electron chi connectivity index (χ3n) is 5.61. The number of Topliss-reactive ketones (excluding diaryl/α,β-unsaturated/α-hetero) is 1. The molecule has 0 aromatic heterocycles. The SMILES string of the molecule is CC(C)Cc1ccc(C(C)N2CCC(C(=O)c3ccccc3)CC2)cc1. The van der Waals surface area contributed by atoms with Crippen LogP contribution in [0.4, 0.5) is 0 Å². The first kappa shape index (κ1) is 18.8. The first-order valence-corrected chi connectivity index (χ1v) is 9.96. The van der Waals surface area contributed by atoms with Crippen molar-refractivity contribution in [3.05, 3.63) is 71.3 Å². The van der Waals surface area contributed by atoms with Crippen molar-refractivity contribution < 1.29 is 4.79 Å². The van der Waals surface area contributed by atoms with Crippen molar-refractivity contribution in [2.45, 2.75) is 46.1 Å². The van der Waals surface area contributed by atoms with Crippen molar-refractivity contribution in [1.82, 2.24) is 4.90 Å². The molecular weight excluding hydrogens is 318 g/mol. The van der Waals surface area contributed by atoms with Crippen LogP contribution in [-0.2, 0) is 6.42 Å². The van der Waals surface area contributed by atoms with Gasteiger partial charge in [0.25, 0.3) is 0 Å². The molecule has 1 atom stereocenters. The van der Waals surface area contributed by atoms with Crippen LogP contribution in [-0.4, -0.2) is 23.8 Å². The van der Waals surface area contributed by atoms with E-state index in [1.165, 1.54) is 11.1 Å². The first-order valence-electron chi connectivity index (χ1n) is 9.96. The predicted molar refractivity (Wildman–Crippen MR) is 108 cm³/mol. The normalized spacial score (nSPS) is 17.4. The minimum absolute atomic E-state index is 0.175. The molecule has 1 unspecified atom stereocenters. The molecule has 0 spiro atoms. The molecule has 2 aromatic rings. The average Bonchev–Trinajstić information content (AvgIpc) is 2.68. The summed E-state index contributed by atoms with van der Waals surface area (Å²) < 4.78 is 0. The van der Waals surface area contributed by atoms with Crippen molar-refractivity contribution in [3.63, 3.8) is 0 Å². The molecule has 0 bridgehead atoms. The maximum atomic E-state index is 12.7. The molecule has 0 saturated carbocycles. The van der Waals surface area contributed by atoms with Gasteiger partial charge in [0.05, 0.1) is 0 Å². The number of nitrogens with zero attached hydrogens (tertiary/aromatic N) is 1. The number of benzene rings is 2. The molecule has 3 rings (SSSR count). The molecule has 0 aliphatic carbocycles. The zero-order chi connectivity index (χ0) is 18.5. The van der Waals surface area contributed by atoms with E-state index >= 15 is 0 Å². The van der Waals surface area contributed by atoms with Crippen LogP contribution >= 0.6 is 0 Å². The Morgan fingerprint density at radius 2 is 1.58 bits per heavy atom. The van der Waals surface area contributed by atoms with Crippen LogP contribution in [0.15, 0.2) is 54.6 Å². The molecule has 1 aliphatic heterocycles. The number of rotatable bonds is 6. The summed E-state index contributed by atoms with van der Waals surface area (Å²) in [5.74, 6) is 1.18. The molecule has 2 nitrogen and oxygen atoms in total. The summed E-state index contributed by atoms with van der Waals surface area (Å²) in [4.78, 5) is 15.2. The van der Waals surface area contributed by atoms with Crippen LogP contribution in [0.1, 0.15) is 61.1 Å². The molecule has 1 saturated heterocycles. The second-order valence-corrected chi connectivity index (χ2v) is 8.06. The van der Waals surface area contributed by atoms with Crippen LogP contribution < -0.4 is 0 Å². The van der Waals surface area contributed by atoms with Crippen LogP contribution in [0.5, 0.6) is 0 Å². The highest BCUT2D eigenvalue weighted by atomic mass is 16.1. The highest BCUT2D eigenvalue weighted by Gasteiger charge is 2.28. The number of hydrogen-bond donors (Lipinski definition) is 0. The summed E-state index contributed by atoms with van der Waals surface area (Å²) in [5.41, 5.74) is 3.66. The Kier molecular flexibility index (Phi) is 6.26. The average molecular weight is 350 g/mol. The van der Waals surface area contributed by atoms with Gasteiger partial charge in [-0.25, -0.2) is 0 Å². The molecule has 0 N–H and O–H groups in total. The third-order valence-corrected chi connectivity index (χ3v) is 5.61. The number of carbonyl (C=O) groups excluding carboxylic acids is 1. The van der Waals surface area contributed by atoms with E-state index < -0.39 is 0 Å². The Morgan fingerprint density at radius 3 is 2.15 bits per heavy atom.